The van der Waals surface area contributed by atoms with Gasteiger partial charge in [0.25, 0.3) is 0 Å². The summed E-state index contributed by atoms with van der Waals surface area (Å²) in [5.41, 5.74) is 0.770. The first kappa shape index (κ1) is 21.4. The van der Waals surface area contributed by atoms with Crippen molar-refractivity contribution in [2.75, 3.05) is 7.11 Å². The summed E-state index contributed by atoms with van der Waals surface area (Å²) < 4.78 is 5.07. The standard InChI is InChI=1S/C22H36O3/c1-3-4-5-6-7-8-9-10-11-12-13-14-15-16-19-17-20(23)18-21(25-2)22(19)24/h6-7,17-18,23-24H,3-5,8-16H2,1-2H3/b7-6+. The molecule has 1 aromatic carbocycles. The van der Waals surface area contributed by atoms with Gasteiger partial charge in [-0.05, 0) is 38.2 Å². The van der Waals surface area contributed by atoms with Crippen LogP contribution in [0.25, 0.3) is 0 Å². The van der Waals surface area contributed by atoms with Crippen molar-refractivity contribution < 1.29 is 14.9 Å². The topological polar surface area (TPSA) is 49.7 Å². The molecule has 0 atom stereocenters. The molecule has 0 saturated heterocycles. The Kier molecular flexibility index (Phi) is 11.7. The molecule has 0 aromatic heterocycles. The van der Waals surface area contributed by atoms with Crippen molar-refractivity contribution in [2.24, 2.45) is 0 Å². The van der Waals surface area contributed by atoms with Crippen molar-refractivity contribution in [2.45, 2.75) is 84.0 Å². The maximum atomic E-state index is 10.1. The highest BCUT2D eigenvalue weighted by molar-refractivity contribution is 5.50. The number of allylic oxidation sites excluding steroid dienone is 2. The first-order valence-electron chi connectivity index (χ1n) is 9.92. The van der Waals surface area contributed by atoms with E-state index in [1.54, 1.807) is 6.07 Å². The van der Waals surface area contributed by atoms with Gasteiger partial charge in [0.1, 0.15) is 5.75 Å². The van der Waals surface area contributed by atoms with Gasteiger partial charge >= 0.3 is 0 Å². The molecular weight excluding hydrogens is 312 g/mol. The van der Waals surface area contributed by atoms with Crippen molar-refractivity contribution in [3.8, 4) is 17.2 Å². The number of phenolic OH excluding ortho intramolecular Hbond substituents is 2. The Balaban J connectivity index is 2.04. The van der Waals surface area contributed by atoms with Crippen molar-refractivity contribution in [1.29, 1.82) is 0 Å². The van der Waals surface area contributed by atoms with Crippen LogP contribution in [0.1, 0.15) is 83.1 Å². The van der Waals surface area contributed by atoms with Crippen molar-refractivity contribution in [3.63, 3.8) is 0 Å². The minimum absolute atomic E-state index is 0.147. The third-order valence-corrected chi connectivity index (χ3v) is 4.57. The molecule has 0 amide bonds. The Labute approximate surface area is 153 Å². The molecule has 0 heterocycles. The lowest BCUT2D eigenvalue weighted by molar-refractivity contribution is 0.365. The number of rotatable bonds is 14. The van der Waals surface area contributed by atoms with Crippen molar-refractivity contribution in [1.82, 2.24) is 0 Å². The highest BCUT2D eigenvalue weighted by Crippen LogP contribution is 2.35. The number of hydrogen-bond donors (Lipinski definition) is 2. The van der Waals surface area contributed by atoms with Crippen LogP contribution in [0.2, 0.25) is 0 Å². The predicted molar refractivity (Wildman–Crippen MR) is 106 cm³/mol. The van der Waals surface area contributed by atoms with Crippen molar-refractivity contribution in [3.05, 3.63) is 29.8 Å². The Morgan fingerprint density at radius 3 is 2.08 bits per heavy atom. The lowest BCUT2D eigenvalue weighted by atomic mass is 10.0. The van der Waals surface area contributed by atoms with Crippen LogP contribution in [0.15, 0.2) is 24.3 Å². The molecule has 0 fully saturated rings. The van der Waals surface area contributed by atoms with Crippen LogP contribution in [-0.2, 0) is 6.42 Å². The molecule has 0 aliphatic rings. The third kappa shape index (κ3) is 9.42. The molecule has 2 N–H and O–H groups in total. The van der Waals surface area contributed by atoms with Crippen LogP contribution in [0.4, 0.5) is 0 Å². The molecular formula is C22H36O3. The summed E-state index contributed by atoms with van der Waals surface area (Å²) in [4.78, 5) is 0. The smallest absolute Gasteiger partial charge is 0.164 e. The number of benzene rings is 1. The maximum absolute atomic E-state index is 10.1. The second kappa shape index (κ2) is 13.6. The normalized spacial score (nSPS) is 11.3. The van der Waals surface area contributed by atoms with Gasteiger partial charge in [0, 0.05) is 11.6 Å². The zero-order valence-corrected chi connectivity index (χ0v) is 16.1. The number of hydrogen-bond acceptors (Lipinski definition) is 3. The molecule has 1 aromatic rings. The largest absolute Gasteiger partial charge is 0.508 e. The first-order valence-corrected chi connectivity index (χ1v) is 9.92. The minimum Gasteiger partial charge on any atom is -0.508 e. The van der Waals surface area contributed by atoms with E-state index in [0.29, 0.717) is 5.75 Å². The zero-order chi connectivity index (χ0) is 18.3. The molecule has 0 aliphatic carbocycles. The van der Waals surface area contributed by atoms with E-state index in [1.807, 2.05) is 0 Å². The average molecular weight is 349 g/mol. The SMILES string of the molecule is CCCC/C=C/CCCCCCCCCc1cc(O)cc(OC)c1O. The Morgan fingerprint density at radius 2 is 1.44 bits per heavy atom. The van der Waals surface area contributed by atoms with Gasteiger partial charge in [-0.15, -0.1) is 0 Å². The van der Waals surface area contributed by atoms with E-state index in [-0.39, 0.29) is 11.5 Å². The zero-order valence-electron chi connectivity index (χ0n) is 16.1. The van der Waals surface area contributed by atoms with Crippen LogP contribution in [0.3, 0.4) is 0 Å². The van der Waals surface area contributed by atoms with E-state index in [0.717, 1.165) is 24.8 Å². The predicted octanol–water partition coefficient (Wildman–Crippen LogP) is 6.52. The third-order valence-electron chi connectivity index (χ3n) is 4.57. The van der Waals surface area contributed by atoms with E-state index >= 15 is 0 Å². The van der Waals surface area contributed by atoms with Gasteiger partial charge in [-0.1, -0.05) is 64.0 Å². The number of aryl methyl sites for hydroxylation is 1. The van der Waals surface area contributed by atoms with Crippen LogP contribution in [0.5, 0.6) is 17.2 Å². The molecule has 3 heteroatoms. The van der Waals surface area contributed by atoms with Crippen molar-refractivity contribution >= 4 is 0 Å². The molecule has 25 heavy (non-hydrogen) atoms. The lowest BCUT2D eigenvalue weighted by Gasteiger charge is -2.10. The summed E-state index contributed by atoms with van der Waals surface area (Å²) in [7, 11) is 1.50. The van der Waals surface area contributed by atoms with Gasteiger partial charge in [-0.25, -0.2) is 0 Å². The summed E-state index contributed by atoms with van der Waals surface area (Å²) >= 11 is 0. The monoisotopic (exact) mass is 348 g/mol. The minimum atomic E-state index is 0.147. The molecule has 3 nitrogen and oxygen atoms in total. The first-order chi connectivity index (χ1) is 12.2. The fraction of sp³-hybridized carbons (Fsp3) is 0.636. The lowest BCUT2D eigenvalue weighted by Crippen LogP contribution is -1.91. The number of phenols is 2. The van der Waals surface area contributed by atoms with Gasteiger partial charge in [-0.3, -0.25) is 0 Å². The molecule has 0 bridgehead atoms. The van der Waals surface area contributed by atoms with Crippen LogP contribution in [0, 0.1) is 0 Å². The molecule has 142 valence electrons. The molecule has 0 aliphatic heterocycles. The van der Waals surface area contributed by atoms with E-state index in [4.69, 9.17) is 4.74 Å². The Morgan fingerprint density at radius 1 is 0.840 bits per heavy atom. The number of methoxy groups -OCH3 is 1. The van der Waals surface area contributed by atoms with Gasteiger partial charge < -0.3 is 14.9 Å². The van der Waals surface area contributed by atoms with Gasteiger partial charge in [-0.2, -0.15) is 0 Å². The average Bonchev–Trinajstić information content (AvgIpc) is 2.61. The molecule has 0 saturated carbocycles. The van der Waals surface area contributed by atoms with Gasteiger partial charge in [0.15, 0.2) is 11.5 Å². The summed E-state index contributed by atoms with van der Waals surface area (Å²) in [5.74, 6) is 0.652. The highest BCUT2D eigenvalue weighted by Gasteiger charge is 2.09. The maximum Gasteiger partial charge on any atom is 0.164 e. The number of ether oxygens (including phenoxy) is 1. The fourth-order valence-corrected chi connectivity index (χ4v) is 3.01. The molecule has 0 spiro atoms. The fourth-order valence-electron chi connectivity index (χ4n) is 3.01. The second-order valence-electron chi connectivity index (χ2n) is 6.78. The quantitative estimate of drug-likeness (QED) is 0.229. The van der Waals surface area contributed by atoms with E-state index in [1.165, 1.54) is 71.0 Å². The summed E-state index contributed by atoms with van der Waals surface area (Å²) in [6.45, 7) is 2.23. The number of unbranched alkanes of at least 4 members (excludes halogenated alkanes) is 9. The van der Waals surface area contributed by atoms with E-state index < -0.39 is 0 Å². The summed E-state index contributed by atoms with van der Waals surface area (Å²) in [6.07, 6.45) is 19.1. The van der Waals surface area contributed by atoms with Crippen LogP contribution < -0.4 is 4.74 Å². The Hall–Kier alpha value is -1.64. The van der Waals surface area contributed by atoms with Gasteiger partial charge in [0.05, 0.1) is 7.11 Å². The molecule has 1 rings (SSSR count). The summed E-state index contributed by atoms with van der Waals surface area (Å²) in [6, 6.07) is 3.07. The van der Waals surface area contributed by atoms with E-state index in [2.05, 4.69) is 19.1 Å². The molecule has 0 radical (unpaired) electrons. The van der Waals surface area contributed by atoms with Gasteiger partial charge in [0.2, 0.25) is 0 Å². The second-order valence-corrected chi connectivity index (χ2v) is 6.78. The van der Waals surface area contributed by atoms with E-state index in [9.17, 15) is 10.2 Å². The number of aromatic hydroxyl groups is 2. The summed E-state index contributed by atoms with van der Waals surface area (Å²) in [5, 5.41) is 19.7. The highest BCUT2D eigenvalue weighted by atomic mass is 16.5. The molecule has 0 unspecified atom stereocenters. The Bertz CT molecular complexity index is 494. The van der Waals surface area contributed by atoms with Crippen LogP contribution >= 0.6 is 0 Å². The van der Waals surface area contributed by atoms with Crippen LogP contribution in [-0.4, -0.2) is 17.3 Å².